The molecule has 2 atom stereocenters. The van der Waals surface area contributed by atoms with Crippen LogP contribution in [-0.2, 0) is 11.2 Å². The number of nitrogens with one attached hydrogen (secondary N) is 2. The van der Waals surface area contributed by atoms with E-state index < -0.39 is 0 Å². The first kappa shape index (κ1) is 16.4. The average Bonchev–Trinajstić information content (AvgIpc) is 3.36. The molecular weight excluding hydrogens is 316 g/mol. The van der Waals surface area contributed by atoms with Crippen molar-refractivity contribution < 1.29 is 9.53 Å². The molecule has 6 heteroatoms. The molecule has 0 bridgehead atoms. The van der Waals surface area contributed by atoms with Crippen LogP contribution >= 0.6 is 0 Å². The Balaban J connectivity index is 1.23. The van der Waals surface area contributed by atoms with Crippen LogP contribution in [0.3, 0.4) is 0 Å². The summed E-state index contributed by atoms with van der Waals surface area (Å²) in [6.07, 6.45) is 9.52. The van der Waals surface area contributed by atoms with Gasteiger partial charge in [0, 0.05) is 38.0 Å². The van der Waals surface area contributed by atoms with Crippen molar-refractivity contribution in [2.24, 2.45) is 5.92 Å². The van der Waals surface area contributed by atoms with Crippen molar-refractivity contribution in [1.82, 2.24) is 20.0 Å². The van der Waals surface area contributed by atoms with Gasteiger partial charge in [0.15, 0.2) is 0 Å². The summed E-state index contributed by atoms with van der Waals surface area (Å²) in [5.74, 6) is 0.728. The number of fused-ring (bicyclic) bond motifs is 1. The Morgan fingerprint density at radius 3 is 3.08 bits per heavy atom. The Kier molecular flexibility index (Phi) is 4.61. The molecule has 6 nitrogen and oxygen atoms in total. The minimum Gasteiger partial charge on any atom is -0.378 e. The van der Waals surface area contributed by atoms with Gasteiger partial charge in [0.2, 0.25) is 0 Å². The third-order valence-electron chi connectivity index (χ3n) is 5.19. The average molecular weight is 342 g/mol. The highest BCUT2D eigenvalue weighted by atomic mass is 16.5. The largest absolute Gasteiger partial charge is 0.378 e. The predicted molar refractivity (Wildman–Crippen MR) is 95.7 cm³/mol. The van der Waals surface area contributed by atoms with Crippen molar-refractivity contribution >= 4 is 11.7 Å². The van der Waals surface area contributed by atoms with E-state index in [2.05, 4.69) is 28.6 Å². The molecule has 25 heavy (non-hydrogen) atoms. The zero-order valence-corrected chi connectivity index (χ0v) is 14.7. The van der Waals surface area contributed by atoms with Gasteiger partial charge >= 0.3 is 6.03 Å². The van der Waals surface area contributed by atoms with E-state index in [4.69, 9.17) is 4.74 Å². The molecule has 2 aromatic rings. The van der Waals surface area contributed by atoms with E-state index >= 15 is 0 Å². The maximum absolute atomic E-state index is 12.1. The molecule has 134 valence electrons. The Hall–Kier alpha value is -2.08. The summed E-state index contributed by atoms with van der Waals surface area (Å²) < 4.78 is 7.84. The molecule has 2 N–H and O–H groups in total. The highest BCUT2D eigenvalue weighted by Crippen LogP contribution is 2.38. The number of pyridine rings is 1. The van der Waals surface area contributed by atoms with Crippen LogP contribution in [0, 0.1) is 12.8 Å². The molecule has 0 aromatic carbocycles. The van der Waals surface area contributed by atoms with Crippen LogP contribution in [0.2, 0.25) is 0 Å². The molecule has 1 saturated heterocycles. The topological polar surface area (TPSA) is 67.7 Å². The van der Waals surface area contributed by atoms with Crippen LogP contribution in [0.1, 0.15) is 36.9 Å². The summed E-state index contributed by atoms with van der Waals surface area (Å²) in [7, 11) is 0. The highest BCUT2D eigenvalue weighted by molar-refractivity contribution is 5.74. The fourth-order valence-electron chi connectivity index (χ4n) is 3.62. The summed E-state index contributed by atoms with van der Waals surface area (Å²) in [6, 6.07) is 4.22. The van der Waals surface area contributed by atoms with Crippen LogP contribution in [0.15, 0.2) is 24.5 Å². The van der Waals surface area contributed by atoms with Gasteiger partial charge in [-0.05, 0) is 50.2 Å². The van der Waals surface area contributed by atoms with E-state index in [1.165, 1.54) is 12.8 Å². The fourth-order valence-corrected chi connectivity index (χ4v) is 3.62. The van der Waals surface area contributed by atoms with Gasteiger partial charge in [-0.1, -0.05) is 6.07 Å². The number of hydrogen-bond acceptors (Lipinski definition) is 3. The molecule has 1 aliphatic heterocycles. The second kappa shape index (κ2) is 7.04. The van der Waals surface area contributed by atoms with Crippen LogP contribution in [0.25, 0.3) is 5.65 Å². The molecule has 0 spiro atoms. The Morgan fingerprint density at radius 1 is 1.40 bits per heavy atom. The molecule has 0 radical (unpaired) electrons. The summed E-state index contributed by atoms with van der Waals surface area (Å²) in [5.41, 5.74) is 3.13. The van der Waals surface area contributed by atoms with Gasteiger partial charge in [-0.2, -0.15) is 0 Å². The summed E-state index contributed by atoms with van der Waals surface area (Å²) >= 11 is 0. The second-order valence-electron chi connectivity index (χ2n) is 7.27. The van der Waals surface area contributed by atoms with Gasteiger partial charge in [-0.25, -0.2) is 9.78 Å². The number of nitrogens with zero attached hydrogens (tertiary/aromatic N) is 2. The molecule has 1 saturated carbocycles. The third-order valence-corrected chi connectivity index (χ3v) is 5.19. The van der Waals surface area contributed by atoms with Crippen molar-refractivity contribution in [2.45, 2.75) is 51.2 Å². The van der Waals surface area contributed by atoms with E-state index in [1.54, 1.807) is 0 Å². The molecule has 1 aliphatic carbocycles. The third kappa shape index (κ3) is 3.95. The van der Waals surface area contributed by atoms with Crippen LogP contribution in [0.4, 0.5) is 4.79 Å². The minimum absolute atomic E-state index is 0.0820. The number of hydrogen-bond donors (Lipinski definition) is 2. The summed E-state index contributed by atoms with van der Waals surface area (Å²) in [5, 5.41) is 6.05. The Morgan fingerprint density at radius 2 is 2.28 bits per heavy atom. The van der Waals surface area contributed by atoms with Crippen molar-refractivity contribution in [3.63, 3.8) is 0 Å². The second-order valence-corrected chi connectivity index (χ2v) is 7.27. The first-order valence-electron chi connectivity index (χ1n) is 9.28. The van der Waals surface area contributed by atoms with Crippen molar-refractivity contribution in [2.75, 3.05) is 13.2 Å². The first-order chi connectivity index (χ1) is 12.2. The summed E-state index contributed by atoms with van der Waals surface area (Å²) in [6.45, 7) is 3.40. The molecule has 2 amide bonds. The molecule has 4 rings (SSSR count). The van der Waals surface area contributed by atoms with E-state index in [-0.39, 0.29) is 12.1 Å². The zero-order valence-electron chi connectivity index (χ0n) is 14.7. The van der Waals surface area contributed by atoms with Crippen LogP contribution < -0.4 is 10.6 Å². The van der Waals surface area contributed by atoms with Crippen LogP contribution in [0.5, 0.6) is 0 Å². The minimum atomic E-state index is -0.0820. The number of imidazole rings is 1. The lowest BCUT2D eigenvalue weighted by Crippen LogP contribution is -2.47. The highest BCUT2D eigenvalue weighted by Gasteiger charge is 2.36. The van der Waals surface area contributed by atoms with Gasteiger partial charge in [0.05, 0.1) is 11.8 Å². The molecular formula is C19H26N4O2. The van der Waals surface area contributed by atoms with E-state index in [0.717, 1.165) is 48.7 Å². The normalized spacial score (nSPS) is 23.6. The van der Waals surface area contributed by atoms with Crippen LogP contribution in [-0.4, -0.2) is 40.7 Å². The lowest BCUT2D eigenvalue weighted by atomic mass is 10.0. The number of carbonyl (C=O) groups excluding carboxylic acids is 1. The predicted octanol–water partition coefficient (Wildman–Crippen LogP) is 2.44. The number of urea groups is 1. The summed E-state index contributed by atoms with van der Waals surface area (Å²) in [4.78, 5) is 16.8. The lowest BCUT2D eigenvalue weighted by Gasteiger charge is -2.30. The Bertz CT molecular complexity index is 753. The number of rotatable bonds is 5. The fraction of sp³-hybridized carbons (Fsp3) is 0.579. The van der Waals surface area contributed by atoms with Gasteiger partial charge in [-0.3, -0.25) is 0 Å². The maximum atomic E-state index is 12.1. The molecule has 3 heterocycles. The lowest BCUT2D eigenvalue weighted by molar-refractivity contribution is -0.00913. The van der Waals surface area contributed by atoms with Crippen molar-refractivity contribution in [1.29, 1.82) is 0 Å². The monoisotopic (exact) mass is 342 g/mol. The molecule has 0 unspecified atom stereocenters. The zero-order chi connectivity index (χ0) is 17.2. The standard InChI is InChI=1S/C19H26N4O2/c1-13-3-2-9-23-12-16(21-18(13)23)6-8-20-19(24)22-15-7-10-25-17(11-15)14-4-5-14/h2-3,9,12,14-15,17H,4-8,10-11H2,1H3,(H2,20,22,24)/t15-,17+/m0/s1. The molecule has 2 aliphatic rings. The number of amides is 2. The first-order valence-corrected chi connectivity index (χ1v) is 9.28. The molecule has 2 fully saturated rings. The Labute approximate surface area is 148 Å². The quantitative estimate of drug-likeness (QED) is 0.877. The number of aromatic nitrogens is 2. The smallest absolute Gasteiger partial charge is 0.315 e. The number of aryl methyl sites for hydroxylation is 1. The number of carbonyl (C=O) groups is 1. The van der Waals surface area contributed by atoms with Crippen molar-refractivity contribution in [3.8, 4) is 0 Å². The van der Waals surface area contributed by atoms with Gasteiger partial charge < -0.3 is 19.8 Å². The van der Waals surface area contributed by atoms with E-state index in [9.17, 15) is 4.79 Å². The van der Waals surface area contributed by atoms with E-state index in [1.807, 2.05) is 22.9 Å². The molecule has 2 aromatic heterocycles. The van der Waals surface area contributed by atoms with E-state index in [0.29, 0.717) is 12.6 Å². The van der Waals surface area contributed by atoms with Gasteiger partial charge in [0.25, 0.3) is 0 Å². The van der Waals surface area contributed by atoms with Crippen molar-refractivity contribution in [3.05, 3.63) is 35.8 Å². The van der Waals surface area contributed by atoms with Gasteiger partial charge in [-0.15, -0.1) is 0 Å². The number of ether oxygens (including phenoxy) is 1. The maximum Gasteiger partial charge on any atom is 0.315 e. The van der Waals surface area contributed by atoms with Gasteiger partial charge in [0.1, 0.15) is 5.65 Å². The SMILES string of the molecule is Cc1cccn2cc(CCNC(=O)N[C@H]3CCO[C@@H](C4CC4)C3)nc12.